The van der Waals surface area contributed by atoms with Crippen molar-refractivity contribution < 1.29 is 14.3 Å². The molecular formula is C19H26N2O3. The van der Waals surface area contributed by atoms with Gasteiger partial charge in [0.1, 0.15) is 5.75 Å². The maximum absolute atomic E-state index is 12.4. The van der Waals surface area contributed by atoms with E-state index in [2.05, 4.69) is 5.32 Å². The van der Waals surface area contributed by atoms with Crippen LogP contribution >= 0.6 is 0 Å². The molecule has 0 spiro atoms. The number of nitrogens with one attached hydrogen (secondary N) is 1. The summed E-state index contributed by atoms with van der Waals surface area (Å²) in [5.74, 6) is 0.705. The van der Waals surface area contributed by atoms with E-state index in [1.165, 1.54) is 19.3 Å². The normalized spacial score (nSPS) is 21.8. The average molecular weight is 330 g/mol. The molecule has 2 aliphatic rings. The van der Waals surface area contributed by atoms with Gasteiger partial charge < -0.3 is 15.0 Å². The molecule has 1 aliphatic heterocycles. The number of carbonyl (C=O) groups is 2. The molecule has 130 valence electrons. The number of methoxy groups -OCH3 is 1. The molecule has 2 fully saturated rings. The summed E-state index contributed by atoms with van der Waals surface area (Å²) < 4.78 is 5.15. The molecule has 1 atom stereocenters. The summed E-state index contributed by atoms with van der Waals surface area (Å²) in [4.78, 5) is 26.4. The van der Waals surface area contributed by atoms with Gasteiger partial charge in [0, 0.05) is 25.6 Å². The van der Waals surface area contributed by atoms with Crippen LogP contribution in [0.3, 0.4) is 0 Å². The van der Waals surface area contributed by atoms with E-state index >= 15 is 0 Å². The van der Waals surface area contributed by atoms with Crippen LogP contribution in [0.5, 0.6) is 5.75 Å². The number of likely N-dealkylation sites (tertiary alicyclic amines) is 1. The van der Waals surface area contributed by atoms with E-state index in [1.54, 1.807) is 12.0 Å². The minimum Gasteiger partial charge on any atom is -0.497 e. The van der Waals surface area contributed by atoms with Crippen LogP contribution < -0.4 is 10.1 Å². The van der Waals surface area contributed by atoms with Crippen molar-refractivity contribution in [2.75, 3.05) is 13.7 Å². The maximum Gasteiger partial charge on any atom is 0.225 e. The predicted molar refractivity (Wildman–Crippen MR) is 91.5 cm³/mol. The molecule has 3 rings (SSSR count). The lowest BCUT2D eigenvalue weighted by Gasteiger charge is -2.24. The molecule has 0 aromatic heterocycles. The molecule has 0 unspecified atom stereocenters. The first-order valence-electron chi connectivity index (χ1n) is 8.87. The van der Waals surface area contributed by atoms with Gasteiger partial charge in [-0.15, -0.1) is 0 Å². The zero-order valence-electron chi connectivity index (χ0n) is 14.3. The third-order valence-corrected chi connectivity index (χ3v) is 5.07. The van der Waals surface area contributed by atoms with E-state index in [9.17, 15) is 9.59 Å². The lowest BCUT2D eigenvalue weighted by molar-refractivity contribution is -0.129. The molecule has 1 heterocycles. The second kappa shape index (κ2) is 7.69. The van der Waals surface area contributed by atoms with Crippen LogP contribution in [0.15, 0.2) is 24.3 Å². The van der Waals surface area contributed by atoms with Gasteiger partial charge in [0.05, 0.1) is 13.0 Å². The van der Waals surface area contributed by atoms with Crippen LogP contribution in [0.1, 0.15) is 44.1 Å². The summed E-state index contributed by atoms with van der Waals surface area (Å²) in [6, 6.07) is 8.01. The van der Waals surface area contributed by atoms with Gasteiger partial charge in [-0.1, -0.05) is 31.4 Å². The Labute approximate surface area is 143 Å². The first-order chi connectivity index (χ1) is 11.7. The van der Waals surface area contributed by atoms with Gasteiger partial charge in [-0.2, -0.15) is 0 Å². The summed E-state index contributed by atoms with van der Waals surface area (Å²) in [6.07, 6.45) is 6.12. The number of amides is 2. The Bertz CT molecular complexity index is 579. The highest BCUT2D eigenvalue weighted by Gasteiger charge is 2.35. The minimum absolute atomic E-state index is 0.0486. The van der Waals surface area contributed by atoms with E-state index in [4.69, 9.17) is 4.74 Å². The number of benzene rings is 1. The van der Waals surface area contributed by atoms with Crippen molar-refractivity contribution in [3.05, 3.63) is 29.8 Å². The van der Waals surface area contributed by atoms with Gasteiger partial charge in [-0.25, -0.2) is 0 Å². The molecule has 1 aromatic carbocycles. The fourth-order valence-electron chi connectivity index (χ4n) is 3.62. The molecule has 24 heavy (non-hydrogen) atoms. The van der Waals surface area contributed by atoms with E-state index < -0.39 is 0 Å². The number of ether oxygens (including phenoxy) is 1. The topological polar surface area (TPSA) is 58.6 Å². The van der Waals surface area contributed by atoms with Crippen LogP contribution in [-0.2, 0) is 16.1 Å². The second-order valence-electron chi connectivity index (χ2n) is 6.87. The van der Waals surface area contributed by atoms with Crippen LogP contribution in [0.2, 0.25) is 0 Å². The van der Waals surface area contributed by atoms with Crippen molar-refractivity contribution in [1.29, 1.82) is 0 Å². The lowest BCUT2D eigenvalue weighted by Crippen LogP contribution is -2.40. The largest absolute Gasteiger partial charge is 0.497 e. The number of hydrogen-bond donors (Lipinski definition) is 1. The van der Waals surface area contributed by atoms with E-state index in [-0.39, 0.29) is 17.7 Å². The van der Waals surface area contributed by atoms with E-state index in [1.807, 2.05) is 24.3 Å². The van der Waals surface area contributed by atoms with Gasteiger partial charge in [0.25, 0.3) is 0 Å². The fourth-order valence-corrected chi connectivity index (χ4v) is 3.62. The molecule has 1 saturated heterocycles. The smallest absolute Gasteiger partial charge is 0.225 e. The predicted octanol–water partition coefficient (Wildman–Crippen LogP) is 2.49. The molecular weight excluding hydrogens is 304 g/mol. The first kappa shape index (κ1) is 16.8. The number of nitrogens with zero attached hydrogens (tertiary/aromatic N) is 1. The Morgan fingerprint density at radius 1 is 1.21 bits per heavy atom. The Kier molecular flexibility index (Phi) is 5.38. The van der Waals surface area contributed by atoms with Gasteiger partial charge in [-0.05, 0) is 30.5 Å². The Hall–Kier alpha value is -2.04. The van der Waals surface area contributed by atoms with Gasteiger partial charge in [-0.3, -0.25) is 9.59 Å². The second-order valence-corrected chi connectivity index (χ2v) is 6.87. The monoisotopic (exact) mass is 330 g/mol. The Morgan fingerprint density at radius 2 is 1.92 bits per heavy atom. The van der Waals surface area contributed by atoms with Crippen molar-refractivity contribution in [2.24, 2.45) is 5.92 Å². The van der Waals surface area contributed by atoms with Gasteiger partial charge in [0.2, 0.25) is 11.8 Å². The highest BCUT2D eigenvalue weighted by Crippen LogP contribution is 2.23. The number of rotatable bonds is 5. The number of carbonyl (C=O) groups excluding carboxylic acids is 2. The molecule has 2 amide bonds. The number of hydrogen-bond acceptors (Lipinski definition) is 3. The van der Waals surface area contributed by atoms with Gasteiger partial charge >= 0.3 is 0 Å². The standard InChI is InChI=1S/C19H26N2O3/c1-24-17-9-7-14(8-10-17)12-21-13-15(11-18(21)22)19(23)20-16-5-3-2-4-6-16/h7-10,15-16H,2-6,11-13H2,1H3,(H,20,23)/t15-/m1/s1. The van der Waals surface area contributed by atoms with Crippen LogP contribution in [0.25, 0.3) is 0 Å². The summed E-state index contributed by atoms with van der Waals surface area (Å²) in [5, 5.41) is 3.15. The van der Waals surface area contributed by atoms with E-state index in [0.717, 1.165) is 24.2 Å². The Balaban J connectivity index is 1.53. The van der Waals surface area contributed by atoms with Crippen LogP contribution in [0, 0.1) is 5.92 Å². The SMILES string of the molecule is COc1ccc(CN2C[C@H](C(=O)NC3CCCCC3)CC2=O)cc1. The summed E-state index contributed by atoms with van der Waals surface area (Å²) in [6.45, 7) is 1.07. The zero-order valence-corrected chi connectivity index (χ0v) is 14.3. The third-order valence-electron chi connectivity index (χ3n) is 5.07. The summed E-state index contributed by atoms with van der Waals surface area (Å²) >= 11 is 0. The maximum atomic E-state index is 12.4. The van der Waals surface area contributed by atoms with Crippen molar-refractivity contribution >= 4 is 11.8 Å². The Morgan fingerprint density at radius 3 is 2.58 bits per heavy atom. The first-order valence-corrected chi connectivity index (χ1v) is 8.87. The highest BCUT2D eigenvalue weighted by atomic mass is 16.5. The fraction of sp³-hybridized carbons (Fsp3) is 0.579. The molecule has 0 radical (unpaired) electrons. The molecule has 1 N–H and O–H groups in total. The third kappa shape index (κ3) is 4.08. The quantitative estimate of drug-likeness (QED) is 0.902. The van der Waals surface area contributed by atoms with Crippen LogP contribution in [-0.4, -0.2) is 36.4 Å². The van der Waals surface area contributed by atoms with Gasteiger partial charge in [0.15, 0.2) is 0 Å². The average Bonchev–Trinajstić information content (AvgIpc) is 2.97. The van der Waals surface area contributed by atoms with Crippen molar-refractivity contribution in [3.63, 3.8) is 0 Å². The van der Waals surface area contributed by atoms with Crippen molar-refractivity contribution in [2.45, 2.75) is 51.1 Å². The molecule has 0 bridgehead atoms. The lowest BCUT2D eigenvalue weighted by atomic mass is 9.95. The summed E-state index contributed by atoms with van der Waals surface area (Å²) in [7, 11) is 1.63. The van der Waals surface area contributed by atoms with Crippen LogP contribution in [0.4, 0.5) is 0 Å². The minimum atomic E-state index is -0.210. The van der Waals surface area contributed by atoms with Crippen molar-refractivity contribution in [3.8, 4) is 5.75 Å². The zero-order chi connectivity index (χ0) is 16.9. The summed E-state index contributed by atoms with van der Waals surface area (Å²) in [5.41, 5.74) is 1.05. The molecule has 1 aromatic rings. The molecule has 1 saturated carbocycles. The van der Waals surface area contributed by atoms with Crippen molar-refractivity contribution in [1.82, 2.24) is 10.2 Å². The highest BCUT2D eigenvalue weighted by molar-refractivity contribution is 5.89. The molecule has 5 nitrogen and oxygen atoms in total. The molecule has 1 aliphatic carbocycles. The molecule has 5 heteroatoms. The van der Waals surface area contributed by atoms with E-state index in [0.29, 0.717) is 25.6 Å².